The minimum atomic E-state index is 0.186. The molecule has 1 atom stereocenters. The van der Waals surface area contributed by atoms with E-state index < -0.39 is 0 Å². The Bertz CT molecular complexity index is 431. The van der Waals surface area contributed by atoms with Gasteiger partial charge in [0.15, 0.2) is 0 Å². The van der Waals surface area contributed by atoms with Gasteiger partial charge in [0.2, 0.25) is 5.91 Å². The molecule has 6 nitrogen and oxygen atoms in total. The minimum absolute atomic E-state index is 0.186. The first kappa shape index (κ1) is 19.1. The molecule has 3 heterocycles. The molecule has 3 saturated heterocycles. The molecule has 0 aromatic rings. The summed E-state index contributed by atoms with van der Waals surface area (Å²) in [4.78, 5) is 17.4. The summed E-state index contributed by atoms with van der Waals surface area (Å²) in [5.41, 5.74) is 0.351. The number of piperidine rings is 1. The third kappa shape index (κ3) is 4.54. The summed E-state index contributed by atoms with van der Waals surface area (Å²) in [5.74, 6) is 0.548. The number of ether oxygens (including phenoxy) is 3. The van der Waals surface area contributed by atoms with Crippen LogP contribution in [0.5, 0.6) is 0 Å². The second kappa shape index (κ2) is 8.80. The molecule has 0 aromatic heterocycles. The highest BCUT2D eigenvalue weighted by molar-refractivity contribution is 5.79. The Morgan fingerprint density at radius 3 is 2.52 bits per heavy atom. The number of methoxy groups -OCH3 is 2. The van der Waals surface area contributed by atoms with Crippen LogP contribution in [0.25, 0.3) is 0 Å². The van der Waals surface area contributed by atoms with Crippen LogP contribution in [0.1, 0.15) is 32.1 Å². The van der Waals surface area contributed by atoms with E-state index in [0.29, 0.717) is 17.4 Å². The van der Waals surface area contributed by atoms with Crippen LogP contribution in [0.2, 0.25) is 0 Å². The van der Waals surface area contributed by atoms with Gasteiger partial charge in [0.05, 0.1) is 13.2 Å². The predicted octanol–water partition coefficient (Wildman–Crippen LogP) is 1.39. The van der Waals surface area contributed by atoms with E-state index in [2.05, 4.69) is 9.80 Å². The summed E-state index contributed by atoms with van der Waals surface area (Å²) in [7, 11) is 3.55. The number of hydrogen-bond acceptors (Lipinski definition) is 5. The van der Waals surface area contributed by atoms with Gasteiger partial charge in [0, 0.05) is 65.6 Å². The predicted molar refractivity (Wildman–Crippen MR) is 95.5 cm³/mol. The second-order valence-electron chi connectivity index (χ2n) is 7.99. The van der Waals surface area contributed by atoms with E-state index in [4.69, 9.17) is 14.2 Å². The Labute approximate surface area is 151 Å². The lowest BCUT2D eigenvalue weighted by molar-refractivity contribution is -0.140. The highest BCUT2D eigenvalue weighted by Crippen LogP contribution is 2.43. The van der Waals surface area contributed by atoms with Crippen molar-refractivity contribution in [3.05, 3.63) is 0 Å². The molecule has 0 unspecified atom stereocenters. The first-order valence-electron chi connectivity index (χ1n) is 9.76. The molecule has 0 radical (unpaired) electrons. The van der Waals surface area contributed by atoms with E-state index in [9.17, 15) is 4.79 Å². The molecule has 25 heavy (non-hydrogen) atoms. The van der Waals surface area contributed by atoms with E-state index in [0.717, 1.165) is 78.3 Å². The van der Waals surface area contributed by atoms with Crippen LogP contribution in [-0.4, -0.2) is 88.6 Å². The van der Waals surface area contributed by atoms with Crippen molar-refractivity contribution in [2.24, 2.45) is 11.3 Å². The molecule has 3 aliphatic heterocycles. The van der Waals surface area contributed by atoms with Crippen LogP contribution in [0.3, 0.4) is 0 Å². The Balaban J connectivity index is 1.54. The molecule has 1 amide bonds. The van der Waals surface area contributed by atoms with Gasteiger partial charge < -0.3 is 19.1 Å². The summed E-state index contributed by atoms with van der Waals surface area (Å²) in [6.45, 7) is 6.94. The van der Waals surface area contributed by atoms with Crippen molar-refractivity contribution < 1.29 is 19.0 Å². The quantitative estimate of drug-likeness (QED) is 0.721. The lowest BCUT2D eigenvalue weighted by atomic mass is 9.76. The number of carbonyl (C=O) groups is 1. The van der Waals surface area contributed by atoms with Crippen LogP contribution in [0.15, 0.2) is 0 Å². The van der Waals surface area contributed by atoms with Crippen molar-refractivity contribution in [3.8, 4) is 0 Å². The van der Waals surface area contributed by atoms with Crippen molar-refractivity contribution in [1.82, 2.24) is 9.80 Å². The number of amides is 1. The molecule has 144 valence electrons. The molecule has 6 heteroatoms. The summed E-state index contributed by atoms with van der Waals surface area (Å²) in [6.07, 6.45) is 5.20. The highest BCUT2D eigenvalue weighted by Gasteiger charge is 2.46. The van der Waals surface area contributed by atoms with E-state index in [1.807, 2.05) is 0 Å². The maximum Gasteiger partial charge on any atom is 0.225 e. The highest BCUT2D eigenvalue weighted by atomic mass is 16.5. The number of likely N-dealkylation sites (tertiary alicyclic amines) is 2. The smallest absolute Gasteiger partial charge is 0.225 e. The zero-order valence-electron chi connectivity index (χ0n) is 15.9. The summed E-state index contributed by atoms with van der Waals surface area (Å²) < 4.78 is 16.1. The molecule has 3 aliphatic rings. The standard InChI is InChI=1S/C19H34N2O4/c1-23-12-9-21-15-19(13-17(21)14-24-2)5-7-20(8-6-19)18(22)16-3-10-25-11-4-16/h16-17H,3-15H2,1-2H3/t17-/m0/s1. The molecular formula is C19H34N2O4. The topological polar surface area (TPSA) is 51.2 Å². The molecule has 3 rings (SSSR count). The third-order valence-corrected chi connectivity index (χ3v) is 6.37. The Morgan fingerprint density at radius 1 is 1.16 bits per heavy atom. The lowest BCUT2D eigenvalue weighted by Gasteiger charge is -2.41. The van der Waals surface area contributed by atoms with Crippen molar-refractivity contribution >= 4 is 5.91 Å². The van der Waals surface area contributed by atoms with E-state index in [1.165, 1.54) is 6.42 Å². The summed E-state index contributed by atoms with van der Waals surface area (Å²) >= 11 is 0. The SMILES string of the molecule is COCCN1CC2(CCN(C(=O)C3CCOCC3)CC2)C[C@H]1COC. The molecule has 0 bridgehead atoms. The zero-order chi connectivity index (χ0) is 17.7. The molecule has 0 N–H and O–H groups in total. The monoisotopic (exact) mass is 354 g/mol. The first-order chi connectivity index (χ1) is 12.2. The fourth-order valence-electron chi connectivity index (χ4n) is 4.85. The fraction of sp³-hybridized carbons (Fsp3) is 0.947. The molecule has 1 spiro atoms. The zero-order valence-corrected chi connectivity index (χ0v) is 15.9. The lowest BCUT2D eigenvalue weighted by Crippen LogP contribution is -2.47. The average Bonchev–Trinajstić information content (AvgIpc) is 2.98. The van der Waals surface area contributed by atoms with E-state index in [-0.39, 0.29) is 5.92 Å². The van der Waals surface area contributed by atoms with Crippen LogP contribution in [0.4, 0.5) is 0 Å². The van der Waals surface area contributed by atoms with Gasteiger partial charge in [-0.3, -0.25) is 9.69 Å². The van der Waals surface area contributed by atoms with Crippen LogP contribution < -0.4 is 0 Å². The molecular weight excluding hydrogens is 320 g/mol. The largest absolute Gasteiger partial charge is 0.383 e. The number of nitrogens with zero attached hydrogens (tertiary/aromatic N) is 2. The molecule has 0 saturated carbocycles. The first-order valence-corrected chi connectivity index (χ1v) is 9.76. The van der Waals surface area contributed by atoms with E-state index in [1.54, 1.807) is 14.2 Å². The Kier molecular flexibility index (Phi) is 6.72. The van der Waals surface area contributed by atoms with Gasteiger partial charge in [-0.05, 0) is 37.5 Å². The van der Waals surface area contributed by atoms with Gasteiger partial charge in [0.25, 0.3) is 0 Å². The van der Waals surface area contributed by atoms with Gasteiger partial charge in [-0.25, -0.2) is 0 Å². The Hall–Kier alpha value is -0.690. The van der Waals surface area contributed by atoms with Crippen molar-refractivity contribution in [3.63, 3.8) is 0 Å². The van der Waals surface area contributed by atoms with Gasteiger partial charge in [-0.1, -0.05) is 0 Å². The number of carbonyl (C=O) groups excluding carboxylic acids is 1. The third-order valence-electron chi connectivity index (χ3n) is 6.37. The van der Waals surface area contributed by atoms with Gasteiger partial charge in [-0.2, -0.15) is 0 Å². The maximum atomic E-state index is 12.8. The van der Waals surface area contributed by atoms with Gasteiger partial charge in [0.1, 0.15) is 0 Å². The molecule has 3 fully saturated rings. The number of hydrogen-bond donors (Lipinski definition) is 0. The minimum Gasteiger partial charge on any atom is -0.383 e. The van der Waals surface area contributed by atoms with Crippen molar-refractivity contribution in [1.29, 1.82) is 0 Å². The molecule has 0 aromatic carbocycles. The van der Waals surface area contributed by atoms with Crippen LogP contribution in [-0.2, 0) is 19.0 Å². The van der Waals surface area contributed by atoms with E-state index >= 15 is 0 Å². The second-order valence-corrected chi connectivity index (χ2v) is 7.99. The fourth-order valence-corrected chi connectivity index (χ4v) is 4.85. The number of rotatable bonds is 6. The van der Waals surface area contributed by atoms with Crippen LogP contribution >= 0.6 is 0 Å². The van der Waals surface area contributed by atoms with Gasteiger partial charge >= 0.3 is 0 Å². The molecule has 0 aliphatic carbocycles. The average molecular weight is 354 g/mol. The summed E-state index contributed by atoms with van der Waals surface area (Å²) in [5, 5.41) is 0. The Morgan fingerprint density at radius 2 is 1.88 bits per heavy atom. The van der Waals surface area contributed by atoms with Gasteiger partial charge in [-0.15, -0.1) is 0 Å². The normalized spacial score (nSPS) is 27.9. The van der Waals surface area contributed by atoms with Crippen molar-refractivity contribution in [2.45, 2.75) is 38.1 Å². The maximum absolute atomic E-state index is 12.8. The summed E-state index contributed by atoms with van der Waals surface area (Å²) in [6, 6.07) is 0.484. The van der Waals surface area contributed by atoms with Crippen molar-refractivity contribution in [2.75, 3.05) is 66.8 Å². The van der Waals surface area contributed by atoms with Crippen LogP contribution in [0, 0.1) is 11.3 Å².